The molecule has 0 bridgehead atoms. The summed E-state index contributed by atoms with van der Waals surface area (Å²) in [5.74, 6) is -3.11. The third-order valence-electron chi connectivity index (χ3n) is 3.80. The second-order valence-electron chi connectivity index (χ2n) is 5.34. The predicted molar refractivity (Wildman–Crippen MR) is 82.4 cm³/mol. The number of carbonyl (C=O) groups is 3. The van der Waals surface area contributed by atoms with Gasteiger partial charge in [0.05, 0.1) is 22.6 Å². The molecule has 126 valence electrons. The molecule has 9 nitrogen and oxygen atoms in total. The van der Waals surface area contributed by atoms with Crippen LogP contribution < -0.4 is 0 Å². The number of nitro benzene ring substituents is 1. The standard InChI is InChI=1S/C16H10N2O7/c19-13-4-1-8(5-12(13)16(22)23)7-17-14(20)10-3-2-9(18(24)25)6-11(10)15(17)21/h1-6,19H,7H2,(H,22,23). The number of carboxylic acids is 1. The molecule has 0 atom stereocenters. The first-order valence-corrected chi connectivity index (χ1v) is 6.99. The van der Waals surface area contributed by atoms with Gasteiger partial charge in [-0.25, -0.2) is 4.79 Å². The quantitative estimate of drug-likeness (QED) is 0.490. The summed E-state index contributed by atoms with van der Waals surface area (Å²) in [6.45, 7) is -0.222. The van der Waals surface area contributed by atoms with E-state index in [1.807, 2.05) is 0 Å². The number of nitro groups is 1. The van der Waals surface area contributed by atoms with Gasteiger partial charge >= 0.3 is 5.97 Å². The Morgan fingerprint density at radius 1 is 1.08 bits per heavy atom. The molecular weight excluding hydrogens is 332 g/mol. The molecule has 0 saturated heterocycles. The molecule has 0 unspecified atom stereocenters. The van der Waals surface area contributed by atoms with Crippen molar-refractivity contribution in [2.45, 2.75) is 6.54 Å². The van der Waals surface area contributed by atoms with E-state index in [1.165, 1.54) is 12.1 Å². The van der Waals surface area contributed by atoms with Gasteiger partial charge < -0.3 is 10.2 Å². The highest BCUT2D eigenvalue weighted by Crippen LogP contribution is 2.28. The number of fused-ring (bicyclic) bond motifs is 1. The predicted octanol–water partition coefficient (Wildman–Crippen LogP) is 1.79. The molecule has 0 spiro atoms. The highest BCUT2D eigenvalue weighted by atomic mass is 16.6. The molecule has 0 aliphatic carbocycles. The van der Waals surface area contributed by atoms with Crippen LogP contribution in [0.2, 0.25) is 0 Å². The zero-order valence-corrected chi connectivity index (χ0v) is 12.5. The maximum Gasteiger partial charge on any atom is 0.339 e. The summed E-state index contributed by atoms with van der Waals surface area (Å²) in [4.78, 5) is 46.8. The fourth-order valence-corrected chi connectivity index (χ4v) is 2.57. The van der Waals surface area contributed by atoms with E-state index in [1.54, 1.807) is 0 Å². The third kappa shape index (κ3) is 2.67. The molecule has 2 aromatic carbocycles. The molecule has 0 saturated carbocycles. The van der Waals surface area contributed by atoms with Gasteiger partial charge in [-0.15, -0.1) is 0 Å². The molecule has 0 aromatic heterocycles. The maximum absolute atomic E-state index is 12.4. The molecule has 2 aromatic rings. The highest BCUT2D eigenvalue weighted by Gasteiger charge is 2.36. The lowest BCUT2D eigenvalue weighted by atomic mass is 10.1. The van der Waals surface area contributed by atoms with Crippen molar-refractivity contribution in [1.29, 1.82) is 0 Å². The molecule has 1 aliphatic heterocycles. The lowest BCUT2D eigenvalue weighted by Crippen LogP contribution is -2.29. The van der Waals surface area contributed by atoms with Crippen LogP contribution in [0.5, 0.6) is 5.75 Å². The number of nitrogens with zero attached hydrogens (tertiary/aromatic N) is 2. The number of carbonyl (C=O) groups excluding carboxylic acids is 2. The fraction of sp³-hybridized carbons (Fsp3) is 0.0625. The van der Waals surface area contributed by atoms with Crippen molar-refractivity contribution in [3.05, 3.63) is 68.8 Å². The SMILES string of the molecule is O=C(O)c1cc(CN2C(=O)c3ccc([N+](=O)[O-])cc3C2=O)ccc1O. The Bertz CT molecular complexity index is 951. The lowest BCUT2D eigenvalue weighted by molar-refractivity contribution is -0.384. The number of hydrogen-bond acceptors (Lipinski definition) is 6. The number of imide groups is 1. The zero-order chi connectivity index (χ0) is 18.3. The number of phenols is 1. The molecule has 25 heavy (non-hydrogen) atoms. The van der Waals surface area contributed by atoms with Crippen LogP contribution >= 0.6 is 0 Å². The lowest BCUT2D eigenvalue weighted by Gasteiger charge is -2.14. The summed E-state index contributed by atoms with van der Waals surface area (Å²) in [6.07, 6.45) is 0. The monoisotopic (exact) mass is 342 g/mol. The van der Waals surface area contributed by atoms with E-state index in [2.05, 4.69) is 0 Å². The Kier molecular flexibility index (Phi) is 3.68. The van der Waals surface area contributed by atoms with Crippen molar-refractivity contribution in [3.63, 3.8) is 0 Å². The van der Waals surface area contributed by atoms with E-state index < -0.39 is 28.5 Å². The molecule has 1 aliphatic rings. The van der Waals surface area contributed by atoms with Crippen LogP contribution in [0.1, 0.15) is 36.6 Å². The van der Waals surface area contributed by atoms with Crippen molar-refractivity contribution in [2.75, 3.05) is 0 Å². The fourth-order valence-electron chi connectivity index (χ4n) is 2.57. The number of hydrogen-bond donors (Lipinski definition) is 2. The van der Waals surface area contributed by atoms with Crippen molar-refractivity contribution >= 4 is 23.5 Å². The van der Waals surface area contributed by atoms with Crippen LogP contribution in [0.4, 0.5) is 5.69 Å². The van der Waals surface area contributed by atoms with E-state index in [4.69, 9.17) is 5.11 Å². The van der Waals surface area contributed by atoms with Gasteiger partial charge in [-0.1, -0.05) is 6.07 Å². The van der Waals surface area contributed by atoms with Gasteiger partial charge in [0.15, 0.2) is 0 Å². The molecular formula is C16H10N2O7. The Balaban J connectivity index is 1.94. The van der Waals surface area contributed by atoms with Crippen LogP contribution in [0.15, 0.2) is 36.4 Å². The van der Waals surface area contributed by atoms with Gasteiger partial charge in [-0.3, -0.25) is 24.6 Å². The normalized spacial score (nSPS) is 13.0. The molecule has 0 fully saturated rings. The van der Waals surface area contributed by atoms with Crippen molar-refractivity contribution in [3.8, 4) is 5.75 Å². The molecule has 3 rings (SSSR count). The number of amides is 2. The second kappa shape index (κ2) is 5.71. The first-order chi connectivity index (χ1) is 11.8. The maximum atomic E-state index is 12.4. The topological polar surface area (TPSA) is 138 Å². The first-order valence-electron chi connectivity index (χ1n) is 6.99. The zero-order valence-electron chi connectivity index (χ0n) is 12.5. The van der Waals surface area contributed by atoms with Crippen LogP contribution in [0.25, 0.3) is 0 Å². The van der Waals surface area contributed by atoms with Crippen molar-refractivity contribution < 1.29 is 29.5 Å². The number of benzene rings is 2. The molecule has 0 radical (unpaired) electrons. The highest BCUT2D eigenvalue weighted by molar-refractivity contribution is 6.21. The molecule has 2 N–H and O–H groups in total. The summed E-state index contributed by atoms with van der Waals surface area (Å²) < 4.78 is 0. The van der Waals surface area contributed by atoms with E-state index >= 15 is 0 Å². The first kappa shape index (κ1) is 16.1. The minimum Gasteiger partial charge on any atom is -0.507 e. The van der Waals surface area contributed by atoms with Crippen molar-refractivity contribution in [2.24, 2.45) is 0 Å². The van der Waals surface area contributed by atoms with Crippen molar-refractivity contribution in [1.82, 2.24) is 4.90 Å². The summed E-state index contributed by atoms with van der Waals surface area (Å²) in [7, 11) is 0. The summed E-state index contributed by atoms with van der Waals surface area (Å²) in [5, 5.41) is 29.3. The molecule has 9 heteroatoms. The number of non-ortho nitro benzene ring substituents is 1. The largest absolute Gasteiger partial charge is 0.507 e. The van der Waals surface area contributed by atoms with E-state index in [9.17, 15) is 29.6 Å². The summed E-state index contributed by atoms with van der Waals surface area (Å²) >= 11 is 0. The Morgan fingerprint density at radius 2 is 1.76 bits per heavy atom. The van der Waals surface area contributed by atoms with Gasteiger partial charge in [-0.05, 0) is 23.8 Å². The molecule has 1 heterocycles. The number of aromatic carboxylic acids is 1. The minimum atomic E-state index is -1.35. The Hall–Kier alpha value is -3.75. The number of aromatic hydroxyl groups is 1. The summed E-state index contributed by atoms with van der Waals surface area (Å²) in [5.41, 5.74) is -0.368. The smallest absolute Gasteiger partial charge is 0.339 e. The Labute approximate surface area is 139 Å². The van der Waals surface area contributed by atoms with Crippen LogP contribution in [-0.4, -0.2) is 37.8 Å². The van der Waals surface area contributed by atoms with Crippen LogP contribution in [-0.2, 0) is 6.54 Å². The Morgan fingerprint density at radius 3 is 2.40 bits per heavy atom. The van der Waals surface area contributed by atoms with E-state index in [0.717, 1.165) is 29.2 Å². The van der Waals surface area contributed by atoms with E-state index in [0.29, 0.717) is 5.56 Å². The number of carboxylic acid groups (broad SMARTS) is 1. The molecule has 2 amide bonds. The van der Waals surface area contributed by atoms with E-state index in [-0.39, 0.29) is 28.9 Å². The van der Waals surface area contributed by atoms with Gasteiger partial charge in [0.25, 0.3) is 17.5 Å². The average molecular weight is 342 g/mol. The average Bonchev–Trinajstić information content (AvgIpc) is 2.80. The third-order valence-corrected chi connectivity index (χ3v) is 3.80. The summed E-state index contributed by atoms with van der Waals surface area (Å²) in [6, 6.07) is 7.08. The second-order valence-corrected chi connectivity index (χ2v) is 5.34. The van der Waals surface area contributed by atoms with Crippen LogP contribution in [0, 0.1) is 10.1 Å². The van der Waals surface area contributed by atoms with Gasteiger partial charge in [0, 0.05) is 12.1 Å². The van der Waals surface area contributed by atoms with Gasteiger partial charge in [-0.2, -0.15) is 0 Å². The van der Waals surface area contributed by atoms with Crippen LogP contribution in [0.3, 0.4) is 0 Å². The minimum absolute atomic E-state index is 0.0489. The number of rotatable bonds is 4. The van der Waals surface area contributed by atoms with Gasteiger partial charge in [0.1, 0.15) is 11.3 Å². The van der Waals surface area contributed by atoms with Gasteiger partial charge in [0.2, 0.25) is 0 Å².